The van der Waals surface area contributed by atoms with E-state index in [0.717, 1.165) is 11.1 Å². The lowest BCUT2D eigenvalue weighted by atomic mass is 10.2. The average molecular weight is 447 g/mol. The highest BCUT2D eigenvalue weighted by Crippen LogP contribution is 2.24. The summed E-state index contributed by atoms with van der Waals surface area (Å²) in [5, 5.41) is 0. The quantitative estimate of drug-likeness (QED) is 0.389. The van der Waals surface area contributed by atoms with Crippen LogP contribution in [0.25, 0.3) is 0 Å². The van der Waals surface area contributed by atoms with Crippen molar-refractivity contribution >= 4 is 10.0 Å². The van der Waals surface area contributed by atoms with Crippen molar-refractivity contribution in [1.29, 1.82) is 0 Å². The third-order valence-electron chi connectivity index (χ3n) is 4.58. The Morgan fingerprint density at radius 2 is 1.53 bits per heavy atom. The van der Waals surface area contributed by atoms with E-state index in [2.05, 4.69) is 9.71 Å². The number of ether oxygens (including phenoxy) is 2. The van der Waals surface area contributed by atoms with Gasteiger partial charge in [0, 0.05) is 18.8 Å². The van der Waals surface area contributed by atoms with Crippen LogP contribution in [0.5, 0.6) is 23.1 Å². The van der Waals surface area contributed by atoms with Crippen LogP contribution >= 0.6 is 0 Å². The first-order chi connectivity index (χ1) is 15.5. The SMILES string of the molecule is Cc1cccc(Oc2ccc(S(=O)(=O)NCc3cccc(Oc4ccccn4)c3)cc2)c1. The molecule has 0 amide bonds. The zero-order valence-electron chi connectivity index (χ0n) is 17.4. The van der Waals surface area contributed by atoms with Crippen LogP contribution in [0.15, 0.2) is 102 Å². The monoisotopic (exact) mass is 446 g/mol. The second-order valence-electron chi connectivity index (χ2n) is 7.13. The van der Waals surface area contributed by atoms with Crippen LogP contribution in [0.4, 0.5) is 0 Å². The molecular weight excluding hydrogens is 424 g/mol. The highest BCUT2D eigenvalue weighted by molar-refractivity contribution is 7.89. The van der Waals surface area contributed by atoms with Crippen LogP contribution in [-0.4, -0.2) is 13.4 Å². The van der Waals surface area contributed by atoms with E-state index in [4.69, 9.17) is 9.47 Å². The second kappa shape index (κ2) is 9.64. The topological polar surface area (TPSA) is 77.5 Å². The van der Waals surface area contributed by atoms with E-state index < -0.39 is 10.0 Å². The molecule has 4 rings (SSSR count). The zero-order valence-corrected chi connectivity index (χ0v) is 18.2. The van der Waals surface area contributed by atoms with Crippen molar-refractivity contribution in [2.24, 2.45) is 0 Å². The summed E-state index contributed by atoms with van der Waals surface area (Å²) in [6, 6.07) is 26.6. The molecule has 0 saturated heterocycles. The maximum Gasteiger partial charge on any atom is 0.240 e. The Hall–Kier alpha value is -3.68. The van der Waals surface area contributed by atoms with Gasteiger partial charge in [0.1, 0.15) is 17.2 Å². The van der Waals surface area contributed by atoms with Gasteiger partial charge in [-0.15, -0.1) is 0 Å². The van der Waals surface area contributed by atoms with Crippen molar-refractivity contribution < 1.29 is 17.9 Å². The summed E-state index contributed by atoms with van der Waals surface area (Å²) in [5.74, 6) is 2.32. The second-order valence-corrected chi connectivity index (χ2v) is 8.90. The smallest absolute Gasteiger partial charge is 0.240 e. The lowest BCUT2D eigenvalue weighted by molar-refractivity contribution is 0.462. The number of pyridine rings is 1. The Bertz CT molecular complexity index is 1290. The molecule has 0 bridgehead atoms. The minimum Gasteiger partial charge on any atom is -0.457 e. The molecule has 0 aliphatic rings. The Labute approximate surface area is 187 Å². The maximum atomic E-state index is 12.7. The van der Waals surface area contributed by atoms with Gasteiger partial charge in [-0.1, -0.05) is 30.3 Å². The third-order valence-corrected chi connectivity index (χ3v) is 6.00. The van der Waals surface area contributed by atoms with Gasteiger partial charge < -0.3 is 9.47 Å². The van der Waals surface area contributed by atoms with Gasteiger partial charge in [-0.25, -0.2) is 18.1 Å². The van der Waals surface area contributed by atoms with E-state index in [1.54, 1.807) is 48.7 Å². The molecule has 32 heavy (non-hydrogen) atoms. The fourth-order valence-electron chi connectivity index (χ4n) is 3.01. The highest BCUT2D eigenvalue weighted by Gasteiger charge is 2.14. The molecule has 0 spiro atoms. The van der Waals surface area contributed by atoms with Gasteiger partial charge in [0.05, 0.1) is 4.90 Å². The normalized spacial score (nSPS) is 11.2. The summed E-state index contributed by atoms with van der Waals surface area (Å²) >= 11 is 0. The fourth-order valence-corrected chi connectivity index (χ4v) is 4.03. The third kappa shape index (κ3) is 5.72. The van der Waals surface area contributed by atoms with Crippen molar-refractivity contribution in [3.63, 3.8) is 0 Å². The van der Waals surface area contributed by atoms with E-state index in [0.29, 0.717) is 23.1 Å². The first kappa shape index (κ1) is 21.5. The van der Waals surface area contributed by atoms with Crippen LogP contribution in [0, 0.1) is 6.92 Å². The maximum absolute atomic E-state index is 12.7. The zero-order chi connectivity index (χ0) is 22.4. The van der Waals surface area contributed by atoms with Crippen molar-refractivity contribution in [3.8, 4) is 23.1 Å². The molecule has 0 radical (unpaired) electrons. The van der Waals surface area contributed by atoms with Crippen LogP contribution < -0.4 is 14.2 Å². The molecule has 4 aromatic rings. The average Bonchev–Trinajstić information content (AvgIpc) is 2.79. The van der Waals surface area contributed by atoms with Crippen molar-refractivity contribution in [2.75, 3.05) is 0 Å². The number of rotatable bonds is 8. The molecule has 3 aromatic carbocycles. The molecule has 0 atom stereocenters. The van der Waals surface area contributed by atoms with Crippen LogP contribution in [0.2, 0.25) is 0 Å². The molecule has 6 nitrogen and oxygen atoms in total. The lowest BCUT2D eigenvalue weighted by Crippen LogP contribution is -2.23. The van der Waals surface area contributed by atoms with Crippen LogP contribution in [-0.2, 0) is 16.6 Å². The molecule has 1 heterocycles. The summed E-state index contributed by atoms with van der Waals surface area (Å²) in [6.45, 7) is 2.11. The molecular formula is C25H22N2O4S. The minimum absolute atomic E-state index is 0.128. The standard InChI is InChI=1S/C25H22N2O4S/c1-19-6-4-8-22(16-19)30-21-11-13-24(14-12-21)32(28,29)27-18-20-7-5-9-23(17-20)31-25-10-2-3-15-26-25/h2-17,27H,18H2,1H3. The van der Waals surface area contributed by atoms with Gasteiger partial charge in [-0.3, -0.25) is 0 Å². The number of nitrogens with one attached hydrogen (secondary N) is 1. The Kier molecular flexibility index (Phi) is 6.49. The van der Waals surface area contributed by atoms with Crippen LogP contribution in [0.1, 0.15) is 11.1 Å². The number of nitrogens with zero attached hydrogens (tertiary/aromatic N) is 1. The molecule has 0 aliphatic carbocycles. The molecule has 0 unspecified atom stereocenters. The van der Waals surface area contributed by atoms with Gasteiger partial charge in [-0.2, -0.15) is 0 Å². The first-order valence-electron chi connectivity index (χ1n) is 10.00. The van der Waals surface area contributed by atoms with E-state index in [1.165, 1.54) is 12.1 Å². The van der Waals surface area contributed by atoms with Crippen molar-refractivity contribution in [1.82, 2.24) is 9.71 Å². The van der Waals surface area contributed by atoms with Gasteiger partial charge in [0.2, 0.25) is 15.9 Å². The number of hydrogen-bond donors (Lipinski definition) is 1. The van der Waals surface area contributed by atoms with E-state index in [1.807, 2.05) is 43.3 Å². The summed E-state index contributed by atoms with van der Waals surface area (Å²) in [7, 11) is -3.69. The van der Waals surface area contributed by atoms with Crippen LogP contribution in [0.3, 0.4) is 0 Å². The summed E-state index contributed by atoms with van der Waals surface area (Å²) < 4.78 is 39.5. The summed E-state index contributed by atoms with van der Waals surface area (Å²) in [5.41, 5.74) is 1.85. The molecule has 0 aliphatic heterocycles. The van der Waals surface area contributed by atoms with E-state index in [9.17, 15) is 8.42 Å². The van der Waals surface area contributed by atoms with Crippen molar-refractivity contribution in [3.05, 3.63) is 108 Å². The molecule has 162 valence electrons. The first-order valence-corrected chi connectivity index (χ1v) is 11.5. The van der Waals surface area contributed by atoms with E-state index in [-0.39, 0.29) is 11.4 Å². The number of aryl methyl sites for hydroxylation is 1. The minimum atomic E-state index is -3.69. The lowest BCUT2D eigenvalue weighted by Gasteiger charge is -2.10. The Morgan fingerprint density at radius 3 is 2.25 bits per heavy atom. The molecule has 7 heteroatoms. The Morgan fingerprint density at radius 1 is 0.781 bits per heavy atom. The molecule has 0 fully saturated rings. The number of benzene rings is 3. The van der Waals surface area contributed by atoms with Gasteiger partial charge in [-0.05, 0) is 72.6 Å². The number of hydrogen-bond acceptors (Lipinski definition) is 5. The molecule has 1 aromatic heterocycles. The number of aromatic nitrogens is 1. The summed E-state index contributed by atoms with van der Waals surface area (Å²) in [6.07, 6.45) is 1.64. The fraction of sp³-hybridized carbons (Fsp3) is 0.0800. The highest BCUT2D eigenvalue weighted by atomic mass is 32.2. The molecule has 1 N–H and O–H groups in total. The summed E-state index contributed by atoms with van der Waals surface area (Å²) in [4.78, 5) is 4.28. The van der Waals surface area contributed by atoms with Gasteiger partial charge in [0.15, 0.2) is 0 Å². The predicted octanol–water partition coefficient (Wildman–Crippen LogP) is 5.45. The van der Waals surface area contributed by atoms with E-state index >= 15 is 0 Å². The van der Waals surface area contributed by atoms with Gasteiger partial charge in [0.25, 0.3) is 0 Å². The van der Waals surface area contributed by atoms with Gasteiger partial charge >= 0.3 is 0 Å². The molecule has 0 saturated carbocycles. The van der Waals surface area contributed by atoms with Crippen molar-refractivity contribution in [2.45, 2.75) is 18.4 Å². The largest absolute Gasteiger partial charge is 0.457 e. The number of sulfonamides is 1. The Balaban J connectivity index is 1.39. The predicted molar refractivity (Wildman–Crippen MR) is 122 cm³/mol.